The minimum absolute atomic E-state index is 0.169. The Labute approximate surface area is 191 Å². The Morgan fingerprint density at radius 1 is 0.781 bits per heavy atom. The minimum Gasteiger partial charge on any atom is -0.369 e. The van der Waals surface area contributed by atoms with E-state index < -0.39 is 0 Å². The highest BCUT2D eigenvalue weighted by Gasteiger charge is 2.25. The van der Waals surface area contributed by atoms with Crippen molar-refractivity contribution in [3.63, 3.8) is 0 Å². The Kier molecular flexibility index (Phi) is 5.95. The van der Waals surface area contributed by atoms with Crippen LogP contribution in [0.1, 0.15) is 21.5 Å². The summed E-state index contributed by atoms with van der Waals surface area (Å²) < 4.78 is 0. The van der Waals surface area contributed by atoms with Crippen molar-refractivity contribution in [3.8, 4) is 11.1 Å². The van der Waals surface area contributed by atoms with Crippen molar-refractivity contribution in [1.29, 1.82) is 0 Å². The standard InChI is InChI=1S/C28H31N3O/c1-29-17-19-30(20-18-29)27-10-6-5-9-23(27)13-15-31-16-14-25-21-24(11-12-26(25)28(31)32)22-7-3-2-4-8-22/h2-12,21H,13-20H2,1H3. The highest BCUT2D eigenvalue weighted by Crippen LogP contribution is 2.27. The van der Waals surface area contributed by atoms with Crippen LogP contribution in [0, 0.1) is 0 Å². The van der Waals surface area contributed by atoms with E-state index in [2.05, 4.69) is 77.5 Å². The molecule has 5 rings (SSSR count). The molecule has 1 fully saturated rings. The van der Waals surface area contributed by atoms with E-state index in [1.54, 1.807) is 0 Å². The van der Waals surface area contributed by atoms with Crippen LogP contribution >= 0.6 is 0 Å². The quantitative estimate of drug-likeness (QED) is 0.608. The molecule has 32 heavy (non-hydrogen) atoms. The van der Waals surface area contributed by atoms with Gasteiger partial charge in [0.1, 0.15) is 0 Å². The highest BCUT2D eigenvalue weighted by atomic mass is 16.2. The van der Waals surface area contributed by atoms with Crippen LogP contribution in [0.5, 0.6) is 0 Å². The zero-order valence-corrected chi connectivity index (χ0v) is 18.8. The second kappa shape index (κ2) is 9.17. The number of hydrogen-bond donors (Lipinski definition) is 0. The number of hydrogen-bond acceptors (Lipinski definition) is 3. The van der Waals surface area contributed by atoms with Crippen LogP contribution in [-0.4, -0.2) is 62.0 Å². The minimum atomic E-state index is 0.169. The monoisotopic (exact) mass is 425 g/mol. The van der Waals surface area contributed by atoms with E-state index in [0.717, 1.165) is 57.7 Å². The van der Waals surface area contributed by atoms with Crippen molar-refractivity contribution in [2.75, 3.05) is 51.2 Å². The zero-order valence-electron chi connectivity index (χ0n) is 18.8. The lowest BCUT2D eigenvalue weighted by Gasteiger charge is -2.35. The first-order valence-corrected chi connectivity index (χ1v) is 11.7. The van der Waals surface area contributed by atoms with Crippen LogP contribution < -0.4 is 4.90 Å². The molecule has 1 amide bonds. The largest absolute Gasteiger partial charge is 0.369 e. The maximum atomic E-state index is 13.2. The third-order valence-corrected chi connectivity index (χ3v) is 6.87. The normalized spacial score (nSPS) is 16.8. The Balaban J connectivity index is 1.28. The number of para-hydroxylation sites is 1. The summed E-state index contributed by atoms with van der Waals surface area (Å²) in [5.74, 6) is 0.169. The molecule has 2 aliphatic heterocycles. The van der Waals surface area contributed by atoms with Crippen molar-refractivity contribution < 1.29 is 4.79 Å². The van der Waals surface area contributed by atoms with Gasteiger partial charge in [-0.15, -0.1) is 0 Å². The molecular weight excluding hydrogens is 394 g/mol. The van der Waals surface area contributed by atoms with E-state index in [-0.39, 0.29) is 5.91 Å². The van der Waals surface area contributed by atoms with Gasteiger partial charge in [-0.25, -0.2) is 0 Å². The van der Waals surface area contributed by atoms with Crippen LogP contribution in [0.25, 0.3) is 11.1 Å². The molecule has 3 aromatic carbocycles. The van der Waals surface area contributed by atoms with E-state index in [4.69, 9.17) is 0 Å². The first-order chi connectivity index (χ1) is 15.7. The summed E-state index contributed by atoms with van der Waals surface area (Å²) >= 11 is 0. The number of amides is 1. The maximum absolute atomic E-state index is 13.2. The van der Waals surface area contributed by atoms with E-state index >= 15 is 0 Å². The zero-order chi connectivity index (χ0) is 21.9. The first kappa shape index (κ1) is 20.8. The maximum Gasteiger partial charge on any atom is 0.254 e. The Morgan fingerprint density at radius 3 is 2.34 bits per heavy atom. The SMILES string of the molecule is CN1CCN(c2ccccc2CCN2CCc3cc(-c4ccccc4)ccc3C2=O)CC1. The van der Waals surface area contributed by atoms with E-state index in [1.165, 1.54) is 27.9 Å². The number of carbonyl (C=O) groups is 1. The van der Waals surface area contributed by atoms with Gasteiger partial charge in [-0.2, -0.15) is 0 Å². The Morgan fingerprint density at radius 2 is 1.53 bits per heavy atom. The van der Waals surface area contributed by atoms with Gasteiger partial charge in [0, 0.05) is 50.5 Å². The van der Waals surface area contributed by atoms with Gasteiger partial charge in [0.25, 0.3) is 5.91 Å². The molecule has 0 spiro atoms. The van der Waals surface area contributed by atoms with Crippen LogP contribution in [0.15, 0.2) is 72.8 Å². The predicted molar refractivity (Wildman–Crippen MR) is 131 cm³/mol. The third-order valence-electron chi connectivity index (χ3n) is 6.87. The molecule has 0 unspecified atom stereocenters. The number of nitrogens with zero attached hydrogens (tertiary/aromatic N) is 3. The first-order valence-electron chi connectivity index (χ1n) is 11.7. The van der Waals surface area contributed by atoms with Crippen molar-refractivity contribution in [1.82, 2.24) is 9.80 Å². The third kappa shape index (κ3) is 4.28. The number of rotatable bonds is 5. The fourth-order valence-corrected chi connectivity index (χ4v) is 4.89. The number of anilines is 1. The van der Waals surface area contributed by atoms with Gasteiger partial charge in [0.05, 0.1) is 0 Å². The number of likely N-dealkylation sites (N-methyl/N-ethyl adjacent to an activating group) is 1. The summed E-state index contributed by atoms with van der Waals surface area (Å²) in [6, 6.07) is 25.4. The number of carbonyl (C=O) groups excluding carboxylic acids is 1. The number of piperazine rings is 1. The van der Waals surface area contributed by atoms with Crippen LogP contribution in [-0.2, 0) is 12.8 Å². The summed E-state index contributed by atoms with van der Waals surface area (Å²) in [7, 11) is 2.19. The summed E-state index contributed by atoms with van der Waals surface area (Å²) in [5.41, 5.74) is 7.10. The molecular formula is C28H31N3O. The molecule has 0 aliphatic carbocycles. The lowest BCUT2D eigenvalue weighted by Crippen LogP contribution is -2.45. The molecule has 0 N–H and O–H groups in total. The van der Waals surface area contributed by atoms with Gasteiger partial charge < -0.3 is 14.7 Å². The van der Waals surface area contributed by atoms with Crippen molar-refractivity contribution in [2.24, 2.45) is 0 Å². The highest BCUT2D eigenvalue weighted by molar-refractivity contribution is 5.97. The topological polar surface area (TPSA) is 26.8 Å². The van der Waals surface area contributed by atoms with E-state index in [1.807, 2.05) is 17.0 Å². The molecule has 0 aromatic heterocycles. The summed E-state index contributed by atoms with van der Waals surface area (Å²) in [6.45, 7) is 5.88. The second-order valence-corrected chi connectivity index (χ2v) is 8.95. The number of fused-ring (bicyclic) bond motifs is 1. The second-order valence-electron chi connectivity index (χ2n) is 8.95. The van der Waals surface area contributed by atoms with Crippen molar-refractivity contribution in [3.05, 3.63) is 89.5 Å². The summed E-state index contributed by atoms with van der Waals surface area (Å²) in [5, 5.41) is 0. The van der Waals surface area contributed by atoms with Gasteiger partial charge in [-0.1, -0.05) is 60.7 Å². The summed E-state index contributed by atoms with van der Waals surface area (Å²) in [6.07, 6.45) is 1.81. The average Bonchev–Trinajstić information content (AvgIpc) is 2.85. The molecule has 4 nitrogen and oxygen atoms in total. The Hall–Kier alpha value is -3.11. The molecule has 0 radical (unpaired) electrons. The average molecular weight is 426 g/mol. The van der Waals surface area contributed by atoms with Gasteiger partial charge in [-0.05, 0) is 54.3 Å². The summed E-state index contributed by atoms with van der Waals surface area (Å²) in [4.78, 5) is 20.1. The fourth-order valence-electron chi connectivity index (χ4n) is 4.89. The van der Waals surface area contributed by atoms with Crippen LogP contribution in [0.3, 0.4) is 0 Å². The van der Waals surface area contributed by atoms with E-state index in [0.29, 0.717) is 0 Å². The fraction of sp³-hybridized carbons (Fsp3) is 0.321. The van der Waals surface area contributed by atoms with Crippen LogP contribution in [0.4, 0.5) is 5.69 Å². The molecule has 2 aliphatic rings. The molecule has 2 heterocycles. The van der Waals surface area contributed by atoms with Gasteiger partial charge in [0.15, 0.2) is 0 Å². The molecule has 164 valence electrons. The van der Waals surface area contributed by atoms with Crippen molar-refractivity contribution >= 4 is 11.6 Å². The molecule has 0 bridgehead atoms. The molecule has 0 saturated carbocycles. The lowest BCUT2D eigenvalue weighted by molar-refractivity contribution is 0.0742. The van der Waals surface area contributed by atoms with Gasteiger partial charge in [-0.3, -0.25) is 4.79 Å². The van der Waals surface area contributed by atoms with Gasteiger partial charge in [0.2, 0.25) is 0 Å². The number of benzene rings is 3. The smallest absolute Gasteiger partial charge is 0.254 e. The predicted octanol–water partition coefficient (Wildman–Crippen LogP) is 4.35. The van der Waals surface area contributed by atoms with E-state index in [9.17, 15) is 4.79 Å². The van der Waals surface area contributed by atoms with Crippen molar-refractivity contribution in [2.45, 2.75) is 12.8 Å². The van der Waals surface area contributed by atoms with Crippen LogP contribution in [0.2, 0.25) is 0 Å². The lowest BCUT2D eigenvalue weighted by atomic mass is 9.94. The Bertz CT molecular complexity index is 1090. The molecule has 4 heteroatoms. The molecule has 3 aromatic rings. The molecule has 1 saturated heterocycles. The van der Waals surface area contributed by atoms with Gasteiger partial charge >= 0.3 is 0 Å². The molecule has 0 atom stereocenters.